The Morgan fingerprint density at radius 2 is 1.91 bits per heavy atom. The van der Waals surface area contributed by atoms with Crippen molar-refractivity contribution in [3.63, 3.8) is 0 Å². The summed E-state index contributed by atoms with van der Waals surface area (Å²) in [7, 11) is 0. The molecule has 34 heavy (non-hydrogen) atoms. The molecule has 10 heteroatoms. The molecular formula is C24H20ClN7O2. The zero-order valence-electron chi connectivity index (χ0n) is 18.4. The van der Waals surface area contributed by atoms with E-state index in [9.17, 15) is 4.79 Å². The van der Waals surface area contributed by atoms with E-state index < -0.39 is 0 Å². The van der Waals surface area contributed by atoms with E-state index in [1.165, 1.54) is 6.33 Å². The highest BCUT2D eigenvalue weighted by molar-refractivity contribution is 6.35. The van der Waals surface area contributed by atoms with Gasteiger partial charge in [-0.05, 0) is 43.5 Å². The molecule has 3 aromatic heterocycles. The van der Waals surface area contributed by atoms with Gasteiger partial charge in [-0.15, -0.1) is 0 Å². The third kappa shape index (κ3) is 3.75. The van der Waals surface area contributed by atoms with Crippen LogP contribution in [0.1, 0.15) is 24.5 Å². The quantitative estimate of drug-likeness (QED) is 0.381. The maximum Gasteiger partial charge on any atom is 0.265 e. The lowest BCUT2D eigenvalue weighted by molar-refractivity contribution is 0.425. The second-order valence-corrected chi connectivity index (χ2v) is 8.15. The van der Waals surface area contributed by atoms with Crippen LogP contribution in [0.15, 0.2) is 70.2 Å². The maximum absolute atomic E-state index is 13.6. The molecule has 2 aromatic carbocycles. The van der Waals surface area contributed by atoms with Crippen molar-refractivity contribution in [2.75, 3.05) is 11.1 Å². The summed E-state index contributed by atoms with van der Waals surface area (Å²) in [5.41, 5.74) is 7.73. The minimum atomic E-state index is -0.381. The van der Waals surface area contributed by atoms with E-state index >= 15 is 0 Å². The average Bonchev–Trinajstić information content (AvgIpc) is 3.25. The lowest BCUT2D eigenvalue weighted by Gasteiger charge is -2.22. The number of nitrogens with two attached hydrogens (primary N) is 1. The molecule has 3 N–H and O–H groups in total. The number of hydrogen-bond acceptors (Lipinski definition) is 8. The van der Waals surface area contributed by atoms with Gasteiger partial charge in [-0.3, -0.25) is 9.36 Å². The second kappa shape index (κ2) is 8.60. The highest BCUT2D eigenvalue weighted by Crippen LogP contribution is 2.32. The number of nitrogen functional groups attached to an aromatic ring is 1. The number of halogens is 1. The molecule has 1 atom stereocenters. The van der Waals surface area contributed by atoms with Crippen LogP contribution in [0, 0.1) is 6.92 Å². The van der Waals surface area contributed by atoms with Gasteiger partial charge in [0, 0.05) is 11.4 Å². The third-order valence-electron chi connectivity index (χ3n) is 5.45. The van der Waals surface area contributed by atoms with E-state index in [1.807, 2.05) is 55.5 Å². The van der Waals surface area contributed by atoms with Gasteiger partial charge < -0.3 is 15.6 Å². The monoisotopic (exact) mass is 473 g/mol. The maximum atomic E-state index is 13.6. The summed E-state index contributed by atoms with van der Waals surface area (Å²) in [5, 5.41) is 8.77. The van der Waals surface area contributed by atoms with Crippen LogP contribution in [0.4, 0.5) is 11.6 Å². The number of nitrogens with zero attached hydrogens (tertiary/aromatic N) is 5. The molecule has 0 saturated heterocycles. The van der Waals surface area contributed by atoms with Gasteiger partial charge in [0.1, 0.15) is 23.5 Å². The molecule has 0 fully saturated rings. The number of rotatable bonds is 5. The standard InChI is InChI=1S/C24H20ClN7O2/c1-13(29-22-20(21(26)27-12-28-22)23-30-14(2)31-34-23)18-11-15-7-6-10-17(25)19(15)24(33)32(18)16-8-4-3-5-9-16/h3-13H,1-2H3,(H3,26,27,28,29). The lowest BCUT2D eigenvalue weighted by Crippen LogP contribution is -2.26. The molecule has 1 unspecified atom stereocenters. The van der Waals surface area contributed by atoms with Gasteiger partial charge in [0.15, 0.2) is 5.82 Å². The molecule has 0 spiro atoms. The molecule has 0 aliphatic heterocycles. The zero-order valence-corrected chi connectivity index (χ0v) is 19.1. The molecular weight excluding hydrogens is 454 g/mol. The van der Waals surface area contributed by atoms with Gasteiger partial charge in [-0.1, -0.05) is 47.1 Å². The fourth-order valence-corrected chi connectivity index (χ4v) is 4.16. The Hall–Kier alpha value is -4.24. The number of pyridine rings is 1. The molecule has 3 heterocycles. The van der Waals surface area contributed by atoms with Crippen molar-refractivity contribution in [1.29, 1.82) is 0 Å². The Morgan fingerprint density at radius 3 is 2.65 bits per heavy atom. The first-order valence-electron chi connectivity index (χ1n) is 10.5. The molecule has 0 aliphatic carbocycles. The van der Waals surface area contributed by atoms with Crippen molar-refractivity contribution >= 4 is 34.0 Å². The first-order valence-corrected chi connectivity index (χ1v) is 10.9. The number of hydrogen-bond donors (Lipinski definition) is 2. The Kier molecular flexibility index (Phi) is 5.46. The molecule has 0 amide bonds. The van der Waals surface area contributed by atoms with Crippen molar-refractivity contribution in [3.05, 3.63) is 87.8 Å². The fraction of sp³-hybridized carbons (Fsp3) is 0.125. The Labute approximate surface area is 199 Å². The van der Waals surface area contributed by atoms with E-state index in [-0.39, 0.29) is 23.3 Å². The first kappa shape index (κ1) is 21.6. The summed E-state index contributed by atoms with van der Waals surface area (Å²) < 4.78 is 6.96. The predicted molar refractivity (Wildman–Crippen MR) is 131 cm³/mol. The van der Waals surface area contributed by atoms with Crippen LogP contribution < -0.4 is 16.6 Å². The summed E-state index contributed by atoms with van der Waals surface area (Å²) in [6, 6.07) is 16.3. The number of aromatic nitrogens is 5. The van der Waals surface area contributed by atoms with Gasteiger partial charge in [-0.2, -0.15) is 4.98 Å². The Bertz CT molecular complexity index is 1560. The van der Waals surface area contributed by atoms with Gasteiger partial charge in [0.05, 0.1) is 16.5 Å². The topological polar surface area (TPSA) is 125 Å². The van der Waals surface area contributed by atoms with Crippen molar-refractivity contribution < 1.29 is 4.52 Å². The predicted octanol–water partition coefficient (Wildman–Crippen LogP) is 4.55. The SMILES string of the molecule is Cc1noc(-c2c(N)ncnc2NC(C)c2cc3cccc(Cl)c3c(=O)n2-c2ccccc2)n1. The Balaban J connectivity index is 1.68. The van der Waals surface area contributed by atoms with E-state index in [1.54, 1.807) is 17.6 Å². The van der Waals surface area contributed by atoms with Gasteiger partial charge >= 0.3 is 0 Å². The van der Waals surface area contributed by atoms with Crippen molar-refractivity contribution in [2.24, 2.45) is 0 Å². The second-order valence-electron chi connectivity index (χ2n) is 7.74. The van der Waals surface area contributed by atoms with Crippen LogP contribution in [0.5, 0.6) is 0 Å². The third-order valence-corrected chi connectivity index (χ3v) is 5.77. The van der Waals surface area contributed by atoms with E-state index in [0.717, 1.165) is 5.39 Å². The van der Waals surface area contributed by atoms with E-state index in [0.29, 0.717) is 39.0 Å². The molecule has 170 valence electrons. The highest BCUT2D eigenvalue weighted by atomic mass is 35.5. The minimum Gasteiger partial charge on any atom is -0.383 e. The molecule has 0 bridgehead atoms. The number of benzene rings is 2. The number of nitrogens with one attached hydrogen (secondary N) is 1. The van der Waals surface area contributed by atoms with Crippen molar-refractivity contribution in [1.82, 2.24) is 24.7 Å². The van der Waals surface area contributed by atoms with Crippen LogP contribution in [0.2, 0.25) is 5.02 Å². The normalized spacial score (nSPS) is 12.1. The van der Waals surface area contributed by atoms with Crippen LogP contribution in [-0.4, -0.2) is 24.7 Å². The highest BCUT2D eigenvalue weighted by Gasteiger charge is 2.22. The molecule has 9 nitrogen and oxygen atoms in total. The summed E-state index contributed by atoms with van der Waals surface area (Å²) in [5.74, 6) is 1.26. The minimum absolute atomic E-state index is 0.194. The molecule has 5 aromatic rings. The van der Waals surface area contributed by atoms with E-state index in [4.69, 9.17) is 21.9 Å². The number of fused-ring (bicyclic) bond motifs is 1. The largest absolute Gasteiger partial charge is 0.383 e. The van der Waals surface area contributed by atoms with Gasteiger partial charge in [-0.25, -0.2) is 9.97 Å². The first-order chi connectivity index (χ1) is 16.4. The number of anilines is 2. The van der Waals surface area contributed by atoms with Gasteiger partial charge in [0.2, 0.25) is 0 Å². The zero-order chi connectivity index (χ0) is 23.8. The molecule has 0 radical (unpaired) electrons. The van der Waals surface area contributed by atoms with Crippen LogP contribution in [0.25, 0.3) is 27.9 Å². The summed E-state index contributed by atoms with van der Waals surface area (Å²) in [6.45, 7) is 3.63. The van der Waals surface area contributed by atoms with Crippen LogP contribution in [0.3, 0.4) is 0 Å². The summed E-state index contributed by atoms with van der Waals surface area (Å²) in [4.78, 5) is 26.3. The smallest absolute Gasteiger partial charge is 0.265 e. The molecule has 5 rings (SSSR count). The van der Waals surface area contributed by atoms with Crippen LogP contribution in [-0.2, 0) is 0 Å². The lowest BCUT2D eigenvalue weighted by atomic mass is 10.1. The summed E-state index contributed by atoms with van der Waals surface area (Å²) >= 11 is 6.41. The average molecular weight is 474 g/mol. The van der Waals surface area contributed by atoms with Gasteiger partial charge in [0.25, 0.3) is 11.4 Å². The number of aryl methyl sites for hydroxylation is 1. The Morgan fingerprint density at radius 1 is 1.12 bits per heavy atom. The fourth-order valence-electron chi connectivity index (χ4n) is 3.90. The number of para-hydroxylation sites is 1. The molecule has 0 aliphatic rings. The summed E-state index contributed by atoms with van der Waals surface area (Å²) in [6.07, 6.45) is 1.35. The molecule has 0 saturated carbocycles. The van der Waals surface area contributed by atoms with Crippen LogP contribution >= 0.6 is 11.6 Å². The van der Waals surface area contributed by atoms with Crippen molar-refractivity contribution in [2.45, 2.75) is 19.9 Å². The van der Waals surface area contributed by atoms with Crippen molar-refractivity contribution in [3.8, 4) is 17.1 Å². The van der Waals surface area contributed by atoms with E-state index in [2.05, 4.69) is 25.4 Å².